The molecule has 186 valence electrons. The average molecular weight is 473 g/mol. The zero-order valence-electron chi connectivity index (χ0n) is 20.7. The Morgan fingerprint density at radius 1 is 1.18 bits per heavy atom. The molecule has 0 spiro atoms. The van der Waals surface area contributed by atoms with E-state index in [1.54, 1.807) is 0 Å². The molecule has 5 rings (SSSR count). The number of aliphatic carboxylic acids is 1. The molecule has 0 aromatic carbocycles. The third-order valence-electron chi connectivity index (χ3n) is 10.6. The first-order valence-electron chi connectivity index (χ1n) is 12.7. The quantitative estimate of drug-likeness (QED) is 0.357. The highest BCUT2D eigenvalue weighted by atomic mass is 16.5. The molecular formula is C27H36O7. The second-order valence-electron chi connectivity index (χ2n) is 12.0. The van der Waals surface area contributed by atoms with Gasteiger partial charge in [-0.25, -0.2) is 0 Å². The van der Waals surface area contributed by atoms with Crippen LogP contribution in [0.25, 0.3) is 0 Å². The lowest BCUT2D eigenvalue weighted by Crippen LogP contribution is -2.63. The van der Waals surface area contributed by atoms with Gasteiger partial charge in [-0.2, -0.15) is 0 Å². The SMILES string of the molecule is CC(=O)OCC12CC3C4C(CC3[C@@]3(C=O)C[C@H]1C=C(C(C)C)[C@]23C(=O)O)C[C@H](OC(C)=O)C4C. The van der Waals surface area contributed by atoms with Crippen molar-refractivity contribution in [3.05, 3.63) is 11.6 Å². The molecule has 7 heteroatoms. The fourth-order valence-electron chi connectivity index (χ4n) is 9.96. The van der Waals surface area contributed by atoms with Crippen LogP contribution in [0.2, 0.25) is 0 Å². The van der Waals surface area contributed by atoms with Crippen molar-refractivity contribution in [2.75, 3.05) is 6.61 Å². The highest BCUT2D eigenvalue weighted by Crippen LogP contribution is 2.83. The van der Waals surface area contributed by atoms with Gasteiger partial charge in [0.1, 0.15) is 17.8 Å². The van der Waals surface area contributed by atoms with E-state index >= 15 is 0 Å². The van der Waals surface area contributed by atoms with Crippen LogP contribution in [0.1, 0.15) is 60.3 Å². The molecule has 0 heterocycles. The maximum atomic E-state index is 13.4. The summed E-state index contributed by atoms with van der Waals surface area (Å²) < 4.78 is 11.3. The van der Waals surface area contributed by atoms with Gasteiger partial charge < -0.3 is 19.4 Å². The molecule has 4 fully saturated rings. The van der Waals surface area contributed by atoms with Crippen molar-refractivity contribution in [1.29, 1.82) is 0 Å². The van der Waals surface area contributed by atoms with Crippen molar-refractivity contribution in [2.24, 2.45) is 57.7 Å². The number of rotatable bonds is 6. The van der Waals surface area contributed by atoms with Crippen LogP contribution in [0.5, 0.6) is 0 Å². The number of carboxylic acids is 1. The zero-order chi connectivity index (χ0) is 24.8. The van der Waals surface area contributed by atoms with E-state index in [2.05, 4.69) is 13.0 Å². The number of carbonyl (C=O) groups is 4. The summed E-state index contributed by atoms with van der Waals surface area (Å²) in [5, 5.41) is 11.0. The maximum absolute atomic E-state index is 13.4. The summed E-state index contributed by atoms with van der Waals surface area (Å²) in [5.41, 5.74) is -2.37. The molecular weight excluding hydrogens is 436 g/mol. The van der Waals surface area contributed by atoms with Crippen LogP contribution in [-0.2, 0) is 28.7 Å². The predicted octanol–water partition coefficient (Wildman–Crippen LogP) is 3.65. The largest absolute Gasteiger partial charge is 0.481 e. The van der Waals surface area contributed by atoms with E-state index in [4.69, 9.17) is 9.47 Å². The molecule has 6 unspecified atom stereocenters. The fraction of sp³-hybridized carbons (Fsp3) is 0.778. The number of fused-ring (bicyclic) bond motifs is 4. The number of esters is 2. The third-order valence-corrected chi connectivity index (χ3v) is 10.6. The van der Waals surface area contributed by atoms with Crippen molar-refractivity contribution in [1.82, 2.24) is 0 Å². The smallest absolute Gasteiger partial charge is 0.315 e. The molecule has 34 heavy (non-hydrogen) atoms. The molecule has 0 aromatic heterocycles. The first-order chi connectivity index (χ1) is 16.0. The zero-order valence-corrected chi connectivity index (χ0v) is 20.7. The number of allylic oxidation sites excluding steroid dienone is 1. The van der Waals surface area contributed by atoms with Crippen LogP contribution in [0, 0.1) is 57.7 Å². The molecule has 0 radical (unpaired) electrons. The standard InChI is InChI=1S/C27H36O7/c1-13(2)20-8-18-9-25(11-28)21-6-17-7-22(34-16(5)30)14(3)23(17)19(21)10-26(18,12-33-15(4)29)27(20,25)24(31)32/h8,11,13-14,17-19,21-23H,6-7,9-10,12H2,1-5H3,(H,31,32)/t14?,17?,18-,19?,21?,22+,23?,25+,26?,27-/m1/s1. The lowest BCUT2D eigenvalue weighted by molar-refractivity contribution is -0.189. The lowest BCUT2D eigenvalue weighted by atomic mass is 9.42. The summed E-state index contributed by atoms with van der Waals surface area (Å²) in [6.45, 7) is 8.93. The van der Waals surface area contributed by atoms with Crippen LogP contribution in [-0.4, -0.2) is 42.0 Å². The Bertz CT molecular complexity index is 983. The van der Waals surface area contributed by atoms with Gasteiger partial charge in [0.25, 0.3) is 0 Å². The summed E-state index contributed by atoms with van der Waals surface area (Å²) in [7, 11) is 0. The summed E-state index contributed by atoms with van der Waals surface area (Å²) in [5.74, 6) is -0.990. The van der Waals surface area contributed by atoms with Gasteiger partial charge in [-0.1, -0.05) is 32.4 Å². The molecule has 4 bridgehead atoms. The van der Waals surface area contributed by atoms with Crippen LogP contribution in [0.3, 0.4) is 0 Å². The molecule has 5 aliphatic rings. The molecule has 5 aliphatic carbocycles. The van der Waals surface area contributed by atoms with Gasteiger partial charge in [0.15, 0.2) is 0 Å². The van der Waals surface area contributed by atoms with Gasteiger partial charge in [0, 0.05) is 19.3 Å². The third kappa shape index (κ3) is 2.54. The van der Waals surface area contributed by atoms with Crippen molar-refractivity contribution in [3.63, 3.8) is 0 Å². The van der Waals surface area contributed by atoms with E-state index in [1.165, 1.54) is 13.8 Å². The minimum absolute atomic E-state index is 0.0178. The number of hydrogen-bond acceptors (Lipinski definition) is 6. The number of hydrogen-bond donors (Lipinski definition) is 1. The summed E-state index contributed by atoms with van der Waals surface area (Å²) in [6, 6.07) is 0. The molecule has 0 saturated heterocycles. The summed E-state index contributed by atoms with van der Waals surface area (Å²) >= 11 is 0. The Kier molecular flexibility index (Phi) is 5.13. The lowest BCUT2D eigenvalue weighted by Gasteiger charge is -2.58. The van der Waals surface area contributed by atoms with Gasteiger partial charge in [0.2, 0.25) is 0 Å². The number of aldehydes is 1. The van der Waals surface area contributed by atoms with E-state index < -0.39 is 28.2 Å². The van der Waals surface area contributed by atoms with E-state index in [0.29, 0.717) is 18.8 Å². The van der Waals surface area contributed by atoms with E-state index in [0.717, 1.165) is 24.7 Å². The highest BCUT2D eigenvalue weighted by molar-refractivity contribution is 5.90. The molecule has 1 N–H and O–H groups in total. The van der Waals surface area contributed by atoms with Crippen LogP contribution >= 0.6 is 0 Å². The minimum atomic E-state index is -1.35. The normalized spacial score (nSPS) is 47.7. The Balaban J connectivity index is 1.65. The monoisotopic (exact) mass is 472 g/mol. The van der Waals surface area contributed by atoms with Crippen molar-refractivity contribution < 1.29 is 33.8 Å². The second-order valence-corrected chi connectivity index (χ2v) is 12.0. The van der Waals surface area contributed by atoms with Crippen LogP contribution < -0.4 is 0 Å². The van der Waals surface area contributed by atoms with Gasteiger partial charge >= 0.3 is 17.9 Å². The van der Waals surface area contributed by atoms with E-state index in [9.17, 15) is 24.3 Å². The average Bonchev–Trinajstić information content (AvgIpc) is 3.40. The first kappa shape index (κ1) is 23.6. The van der Waals surface area contributed by atoms with Crippen molar-refractivity contribution in [2.45, 2.75) is 66.4 Å². The molecule has 4 saturated carbocycles. The highest BCUT2D eigenvalue weighted by Gasteiger charge is 2.85. The van der Waals surface area contributed by atoms with Gasteiger partial charge in [-0.3, -0.25) is 14.4 Å². The Morgan fingerprint density at radius 2 is 1.88 bits per heavy atom. The van der Waals surface area contributed by atoms with E-state index in [-0.39, 0.29) is 54.2 Å². The first-order valence-corrected chi connectivity index (χ1v) is 12.7. The maximum Gasteiger partial charge on any atom is 0.315 e. The number of carbonyl (C=O) groups excluding carboxylic acids is 3. The Hall–Kier alpha value is -2.18. The number of carboxylic acid groups (broad SMARTS) is 1. The molecule has 0 aromatic rings. The number of ether oxygens (including phenoxy) is 2. The predicted molar refractivity (Wildman–Crippen MR) is 121 cm³/mol. The summed E-state index contributed by atoms with van der Waals surface area (Å²) in [6.07, 6.45) is 5.60. The van der Waals surface area contributed by atoms with Gasteiger partial charge in [-0.15, -0.1) is 0 Å². The van der Waals surface area contributed by atoms with Crippen molar-refractivity contribution in [3.8, 4) is 0 Å². The van der Waals surface area contributed by atoms with Gasteiger partial charge in [0.05, 0.1) is 12.0 Å². The molecule has 7 nitrogen and oxygen atoms in total. The molecule has 10 atom stereocenters. The second kappa shape index (κ2) is 7.41. The summed E-state index contributed by atoms with van der Waals surface area (Å²) in [4.78, 5) is 50.2. The van der Waals surface area contributed by atoms with Crippen molar-refractivity contribution >= 4 is 24.2 Å². The van der Waals surface area contributed by atoms with Gasteiger partial charge in [-0.05, 0) is 67.1 Å². The molecule has 0 aliphatic heterocycles. The minimum Gasteiger partial charge on any atom is -0.481 e. The fourth-order valence-corrected chi connectivity index (χ4v) is 9.96. The molecule has 0 amide bonds. The topological polar surface area (TPSA) is 107 Å². The van der Waals surface area contributed by atoms with E-state index in [1.807, 2.05) is 13.8 Å². The Morgan fingerprint density at radius 3 is 2.44 bits per heavy atom. The van der Waals surface area contributed by atoms with Crippen LogP contribution in [0.4, 0.5) is 0 Å². The van der Waals surface area contributed by atoms with Crippen LogP contribution in [0.15, 0.2) is 11.6 Å². The Labute approximate surface area is 200 Å².